The third kappa shape index (κ3) is 3.06. The first-order valence-electron chi connectivity index (χ1n) is 7.79. The minimum Gasteiger partial charge on any atom is -0.494 e. The fraction of sp³-hybridized carbons (Fsp3) is 0.647. The van der Waals surface area contributed by atoms with Crippen molar-refractivity contribution >= 4 is 0 Å². The van der Waals surface area contributed by atoms with E-state index in [2.05, 4.69) is 31.2 Å². The van der Waals surface area contributed by atoms with Crippen molar-refractivity contribution in [2.45, 2.75) is 44.2 Å². The Labute approximate surface area is 127 Å². The first-order valence-corrected chi connectivity index (χ1v) is 7.79. The minimum atomic E-state index is -0.287. The van der Waals surface area contributed by atoms with Gasteiger partial charge in [0.15, 0.2) is 11.6 Å². The predicted molar refractivity (Wildman–Crippen MR) is 84.3 cm³/mol. The number of nitrogens with one attached hydrogen (secondary N) is 1. The molecule has 1 unspecified atom stereocenters. The molecule has 0 aromatic heterocycles. The van der Waals surface area contributed by atoms with E-state index in [9.17, 15) is 4.39 Å². The van der Waals surface area contributed by atoms with Gasteiger partial charge in [0.05, 0.1) is 13.2 Å². The summed E-state index contributed by atoms with van der Waals surface area (Å²) in [7, 11) is 5.77. The van der Waals surface area contributed by atoms with Crippen LogP contribution >= 0.6 is 0 Å². The van der Waals surface area contributed by atoms with Crippen molar-refractivity contribution in [3.63, 3.8) is 0 Å². The molecule has 4 heteroatoms. The van der Waals surface area contributed by atoms with Gasteiger partial charge in [-0.2, -0.15) is 0 Å². The van der Waals surface area contributed by atoms with Gasteiger partial charge < -0.3 is 15.0 Å². The molecule has 0 radical (unpaired) electrons. The van der Waals surface area contributed by atoms with E-state index in [0.717, 1.165) is 24.9 Å². The highest BCUT2D eigenvalue weighted by molar-refractivity contribution is 5.33. The average molecular weight is 294 g/mol. The highest BCUT2D eigenvalue weighted by Gasteiger charge is 2.43. The van der Waals surface area contributed by atoms with Gasteiger partial charge in [0.2, 0.25) is 0 Å². The van der Waals surface area contributed by atoms with Crippen LogP contribution in [0.2, 0.25) is 0 Å². The second-order valence-corrected chi connectivity index (χ2v) is 6.09. The number of methoxy groups -OCH3 is 1. The largest absolute Gasteiger partial charge is 0.494 e. The smallest absolute Gasteiger partial charge is 0.165 e. The second kappa shape index (κ2) is 6.75. The molecule has 1 aliphatic carbocycles. The van der Waals surface area contributed by atoms with Crippen LogP contribution in [0.15, 0.2) is 18.2 Å². The van der Waals surface area contributed by atoms with Crippen molar-refractivity contribution in [2.24, 2.45) is 0 Å². The number of nitrogens with zero attached hydrogens (tertiary/aromatic N) is 1. The molecule has 0 amide bonds. The van der Waals surface area contributed by atoms with Gasteiger partial charge in [-0.3, -0.25) is 0 Å². The fourth-order valence-electron chi connectivity index (χ4n) is 3.67. The maximum absolute atomic E-state index is 14.1. The summed E-state index contributed by atoms with van der Waals surface area (Å²) in [6, 6.07) is 5.47. The van der Waals surface area contributed by atoms with Crippen LogP contribution in [0.1, 0.15) is 44.2 Å². The molecule has 3 nitrogen and oxygen atoms in total. The Morgan fingerprint density at radius 3 is 2.48 bits per heavy atom. The molecule has 1 aromatic carbocycles. The van der Waals surface area contributed by atoms with Gasteiger partial charge in [-0.05, 0) is 51.2 Å². The summed E-state index contributed by atoms with van der Waals surface area (Å²) >= 11 is 0. The zero-order valence-electron chi connectivity index (χ0n) is 13.6. The zero-order chi connectivity index (χ0) is 15.5. The van der Waals surface area contributed by atoms with Crippen LogP contribution in [0.5, 0.6) is 5.75 Å². The highest BCUT2D eigenvalue weighted by atomic mass is 19.1. The molecule has 1 saturated carbocycles. The number of rotatable bonds is 6. The molecule has 2 rings (SSSR count). The van der Waals surface area contributed by atoms with Gasteiger partial charge >= 0.3 is 0 Å². The summed E-state index contributed by atoms with van der Waals surface area (Å²) in [5.41, 5.74) is 1.07. The molecule has 0 saturated heterocycles. The average Bonchev–Trinajstić information content (AvgIpc) is 2.95. The van der Waals surface area contributed by atoms with E-state index in [1.54, 1.807) is 12.1 Å². The van der Waals surface area contributed by atoms with Gasteiger partial charge in [-0.25, -0.2) is 4.39 Å². The quantitative estimate of drug-likeness (QED) is 0.870. The molecular formula is C17H27FN2O. The third-order valence-electron chi connectivity index (χ3n) is 4.81. The molecule has 1 aromatic rings. The molecule has 1 aliphatic rings. The standard InChI is InChI=1S/C17H27FN2O/c1-5-19-16(17(20(2)3)10-6-7-11-17)13-8-9-15(21-4)14(18)12-13/h8-9,12,16,19H,5-7,10-11H2,1-4H3. The number of likely N-dealkylation sites (N-methyl/N-ethyl adjacent to an activating group) is 2. The third-order valence-corrected chi connectivity index (χ3v) is 4.81. The van der Waals surface area contributed by atoms with Crippen LogP contribution < -0.4 is 10.1 Å². The number of hydrogen-bond donors (Lipinski definition) is 1. The summed E-state index contributed by atoms with van der Waals surface area (Å²) in [6.07, 6.45) is 4.76. The van der Waals surface area contributed by atoms with Crippen molar-refractivity contribution in [3.8, 4) is 5.75 Å². The highest BCUT2D eigenvalue weighted by Crippen LogP contribution is 2.43. The summed E-state index contributed by atoms with van der Waals surface area (Å²) < 4.78 is 19.1. The molecule has 0 heterocycles. The van der Waals surface area contributed by atoms with Gasteiger partial charge in [0, 0.05) is 5.54 Å². The normalized spacial score (nSPS) is 19.0. The monoisotopic (exact) mass is 294 g/mol. The molecule has 0 bridgehead atoms. The summed E-state index contributed by atoms with van der Waals surface area (Å²) in [4.78, 5) is 2.31. The Hall–Kier alpha value is -1.13. The number of ether oxygens (including phenoxy) is 1. The van der Waals surface area contributed by atoms with Crippen LogP contribution in [-0.4, -0.2) is 38.2 Å². The molecule has 118 valence electrons. The Kier molecular flexibility index (Phi) is 5.22. The Morgan fingerprint density at radius 1 is 1.33 bits per heavy atom. The number of hydrogen-bond acceptors (Lipinski definition) is 3. The first kappa shape index (κ1) is 16.2. The summed E-state index contributed by atoms with van der Waals surface area (Å²) in [6.45, 7) is 2.97. The molecule has 1 fully saturated rings. The van der Waals surface area contributed by atoms with Crippen molar-refractivity contribution < 1.29 is 9.13 Å². The summed E-state index contributed by atoms with van der Waals surface area (Å²) in [5, 5.41) is 3.58. The molecule has 0 aliphatic heterocycles. The van der Waals surface area contributed by atoms with Crippen LogP contribution in [0.3, 0.4) is 0 Å². The lowest BCUT2D eigenvalue weighted by Crippen LogP contribution is -2.52. The Balaban J connectivity index is 2.40. The van der Waals surface area contributed by atoms with E-state index < -0.39 is 0 Å². The predicted octanol–water partition coefficient (Wildman–Crippen LogP) is 3.36. The van der Waals surface area contributed by atoms with Gasteiger partial charge in [-0.1, -0.05) is 25.8 Å². The lowest BCUT2D eigenvalue weighted by Gasteiger charge is -2.44. The second-order valence-electron chi connectivity index (χ2n) is 6.09. The molecular weight excluding hydrogens is 267 g/mol. The van der Waals surface area contributed by atoms with Crippen molar-refractivity contribution in [2.75, 3.05) is 27.7 Å². The number of halogens is 1. The van der Waals surface area contributed by atoms with E-state index >= 15 is 0 Å². The van der Waals surface area contributed by atoms with Crippen LogP contribution in [0.25, 0.3) is 0 Å². The van der Waals surface area contributed by atoms with Crippen LogP contribution in [-0.2, 0) is 0 Å². The molecule has 1 atom stereocenters. The van der Waals surface area contributed by atoms with Crippen LogP contribution in [0, 0.1) is 5.82 Å². The molecule has 21 heavy (non-hydrogen) atoms. The maximum Gasteiger partial charge on any atom is 0.165 e. The Morgan fingerprint density at radius 2 is 2.00 bits per heavy atom. The fourth-order valence-corrected chi connectivity index (χ4v) is 3.67. The molecule has 0 spiro atoms. The summed E-state index contributed by atoms with van der Waals surface area (Å²) in [5.74, 6) is 0.0177. The van der Waals surface area contributed by atoms with E-state index in [4.69, 9.17) is 4.74 Å². The first-order chi connectivity index (χ1) is 10.0. The SMILES string of the molecule is CCNC(c1ccc(OC)c(F)c1)C1(N(C)C)CCCC1. The van der Waals surface area contributed by atoms with E-state index in [0.29, 0.717) is 5.75 Å². The lowest BCUT2D eigenvalue weighted by molar-refractivity contribution is 0.105. The number of benzene rings is 1. The topological polar surface area (TPSA) is 24.5 Å². The van der Waals surface area contributed by atoms with Gasteiger partial charge in [-0.15, -0.1) is 0 Å². The molecule has 1 N–H and O–H groups in total. The minimum absolute atomic E-state index is 0.0665. The zero-order valence-corrected chi connectivity index (χ0v) is 13.6. The van der Waals surface area contributed by atoms with E-state index in [-0.39, 0.29) is 17.4 Å². The maximum atomic E-state index is 14.1. The van der Waals surface area contributed by atoms with E-state index in [1.807, 2.05) is 6.07 Å². The van der Waals surface area contributed by atoms with E-state index in [1.165, 1.54) is 20.0 Å². The van der Waals surface area contributed by atoms with Crippen LogP contribution in [0.4, 0.5) is 4.39 Å². The van der Waals surface area contributed by atoms with Crippen molar-refractivity contribution in [1.29, 1.82) is 0 Å². The van der Waals surface area contributed by atoms with Gasteiger partial charge in [0.25, 0.3) is 0 Å². The van der Waals surface area contributed by atoms with Crippen molar-refractivity contribution in [3.05, 3.63) is 29.6 Å². The van der Waals surface area contributed by atoms with Gasteiger partial charge in [0.1, 0.15) is 0 Å². The lowest BCUT2D eigenvalue weighted by atomic mass is 9.82. The van der Waals surface area contributed by atoms with Crippen molar-refractivity contribution in [1.82, 2.24) is 10.2 Å². The Bertz CT molecular complexity index is 470.